The third-order valence-corrected chi connectivity index (χ3v) is 4.10. The van der Waals surface area contributed by atoms with E-state index in [0.717, 1.165) is 17.1 Å². The molecule has 0 bridgehead atoms. The molecule has 3 aromatic carbocycles. The first-order chi connectivity index (χ1) is 13.3. The van der Waals surface area contributed by atoms with Gasteiger partial charge in [-0.25, -0.2) is 10.3 Å². The van der Waals surface area contributed by atoms with Gasteiger partial charge in [-0.05, 0) is 48.5 Å². The maximum atomic E-state index is 11.7. The first-order valence-corrected chi connectivity index (χ1v) is 8.69. The minimum atomic E-state index is -0.0722. The van der Waals surface area contributed by atoms with Gasteiger partial charge in [0.1, 0.15) is 11.5 Å². The summed E-state index contributed by atoms with van der Waals surface area (Å²) in [6, 6.07) is 24.4. The van der Waals surface area contributed by atoms with Crippen LogP contribution in [-0.4, -0.2) is 19.1 Å². The molecule has 4 rings (SSSR count). The Morgan fingerprint density at radius 2 is 1.63 bits per heavy atom. The number of urea groups is 1. The van der Waals surface area contributed by atoms with E-state index < -0.39 is 0 Å². The van der Waals surface area contributed by atoms with Gasteiger partial charge in [-0.15, -0.1) is 0 Å². The normalized spacial score (nSPS) is 13.2. The number of amides is 2. The monoisotopic (exact) mass is 361 g/mol. The topological polar surface area (TPSA) is 62.8 Å². The number of para-hydroxylation sites is 1. The smallest absolute Gasteiger partial charge is 0.321 e. The van der Waals surface area contributed by atoms with Crippen molar-refractivity contribution in [3.63, 3.8) is 0 Å². The molecular formula is C21H19N3O3. The molecule has 0 radical (unpaired) electrons. The van der Waals surface area contributed by atoms with Gasteiger partial charge < -0.3 is 14.9 Å². The second-order valence-corrected chi connectivity index (χ2v) is 6.02. The minimum absolute atomic E-state index is 0.0722. The van der Waals surface area contributed by atoms with Crippen LogP contribution in [0.2, 0.25) is 0 Å². The van der Waals surface area contributed by atoms with Crippen molar-refractivity contribution in [2.75, 3.05) is 23.5 Å². The molecule has 0 unspecified atom stereocenters. The number of anilines is 2. The van der Waals surface area contributed by atoms with Gasteiger partial charge in [-0.3, -0.25) is 4.90 Å². The molecule has 2 amide bonds. The number of nitrogens with zero attached hydrogens (tertiary/aromatic N) is 1. The zero-order valence-corrected chi connectivity index (χ0v) is 14.6. The van der Waals surface area contributed by atoms with Crippen molar-refractivity contribution in [1.82, 2.24) is 5.32 Å². The summed E-state index contributed by atoms with van der Waals surface area (Å²) in [5, 5.41) is 2.78. The molecule has 0 atom stereocenters. The highest BCUT2D eigenvalue weighted by molar-refractivity contribution is 5.94. The quantitative estimate of drug-likeness (QED) is 0.638. The largest absolute Gasteiger partial charge is 0.457 e. The number of hydrogen-bond acceptors (Lipinski definition) is 4. The number of nitrogens with one attached hydrogen (secondary N) is 2. The van der Waals surface area contributed by atoms with Crippen LogP contribution in [-0.2, 0) is 0 Å². The first kappa shape index (κ1) is 16.8. The maximum absolute atomic E-state index is 11.7. The van der Waals surface area contributed by atoms with Crippen LogP contribution in [0.25, 0.3) is 0 Å². The molecule has 0 spiro atoms. The maximum Gasteiger partial charge on any atom is 0.321 e. The Kier molecular flexibility index (Phi) is 4.78. The van der Waals surface area contributed by atoms with Gasteiger partial charge in [0.15, 0.2) is 5.75 Å². The van der Waals surface area contributed by atoms with Gasteiger partial charge in [-0.1, -0.05) is 24.3 Å². The lowest BCUT2D eigenvalue weighted by molar-refractivity contribution is 0.252. The molecule has 0 saturated carbocycles. The molecule has 1 fully saturated rings. The fraction of sp³-hybridized carbons (Fsp3) is 0.0952. The van der Waals surface area contributed by atoms with Crippen molar-refractivity contribution >= 4 is 17.4 Å². The Morgan fingerprint density at radius 1 is 0.852 bits per heavy atom. The van der Waals surface area contributed by atoms with E-state index >= 15 is 0 Å². The zero-order valence-electron chi connectivity index (χ0n) is 14.6. The lowest BCUT2D eigenvalue weighted by atomic mass is 10.3. The molecule has 6 heteroatoms. The predicted molar refractivity (Wildman–Crippen MR) is 104 cm³/mol. The van der Waals surface area contributed by atoms with E-state index in [4.69, 9.17) is 9.57 Å². The second-order valence-electron chi connectivity index (χ2n) is 6.02. The predicted octanol–water partition coefficient (Wildman–Crippen LogP) is 4.41. The van der Waals surface area contributed by atoms with Crippen molar-refractivity contribution in [2.45, 2.75) is 0 Å². The summed E-state index contributed by atoms with van der Waals surface area (Å²) in [5.74, 6) is 2.13. The van der Waals surface area contributed by atoms with E-state index in [1.807, 2.05) is 78.9 Å². The summed E-state index contributed by atoms with van der Waals surface area (Å²) in [4.78, 5) is 19.0. The Balaban J connectivity index is 1.37. The zero-order chi connectivity index (χ0) is 18.5. The summed E-state index contributed by atoms with van der Waals surface area (Å²) in [5.41, 5.74) is 4.53. The average Bonchev–Trinajstić information content (AvgIpc) is 3.14. The number of carbonyl (C=O) groups excluding carboxylic acids is 1. The summed E-state index contributed by atoms with van der Waals surface area (Å²) in [6.45, 7) is 1.34. The van der Waals surface area contributed by atoms with Crippen LogP contribution in [0.1, 0.15) is 0 Å². The standard InChI is InChI=1S/C21H19N3O3/c25-21-22-13-14-24(21)17-9-11-19(12-10-17)27-23-16-5-4-8-20(15-16)26-18-6-2-1-3-7-18/h1-12,15,23H,13-14H2,(H,22,25). The third kappa shape index (κ3) is 4.12. The van der Waals surface area contributed by atoms with Crippen LogP contribution in [0.15, 0.2) is 78.9 Å². The van der Waals surface area contributed by atoms with Gasteiger partial charge in [0.05, 0.1) is 5.69 Å². The molecule has 6 nitrogen and oxygen atoms in total. The number of ether oxygens (including phenoxy) is 1. The number of hydrogen-bond donors (Lipinski definition) is 2. The van der Waals surface area contributed by atoms with Gasteiger partial charge in [0, 0.05) is 24.8 Å². The van der Waals surface area contributed by atoms with Gasteiger partial charge in [-0.2, -0.15) is 0 Å². The van der Waals surface area contributed by atoms with Crippen molar-refractivity contribution in [1.29, 1.82) is 0 Å². The van der Waals surface area contributed by atoms with E-state index in [2.05, 4.69) is 10.8 Å². The van der Waals surface area contributed by atoms with Crippen LogP contribution in [0.3, 0.4) is 0 Å². The Bertz CT molecular complexity index is 913. The summed E-state index contributed by atoms with van der Waals surface area (Å²) in [7, 11) is 0. The summed E-state index contributed by atoms with van der Waals surface area (Å²) >= 11 is 0. The Hall–Kier alpha value is -3.67. The molecule has 3 aromatic rings. The molecule has 1 aliphatic heterocycles. The van der Waals surface area contributed by atoms with Crippen molar-refractivity contribution in [3.8, 4) is 17.2 Å². The van der Waals surface area contributed by atoms with E-state index in [9.17, 15) is 4.79 Å². The lowest BCUT2D eigenvalue weighted by Gasteiger charge is -2.15. The summed E-state index contributed by atoms with van der Waals surface area (Å²) in [6.07, 6.45) is 0. The number of benzene rings is 3. The first-order valence-electron chi connectivity index (χ1n) is 8.69. The SMILES string of the molecule is O=C1NCCN1c1ccc(ONc2cccc(Oc3ccccc3)c2)cc1. The lowest BCUT2D eigenvalue weighted by Crippen LogP contribution is -2.27. The molecule has 27 heavy (non-hydrogen) atoms. The number of rotatable bonds is 6. The minimum Gasteiger partial charge on any atom is -0.457 e. The Morgan fingerprint density at radius 3 is 2.37 bits per heavy atom. The van der Waals surface area contributed by atoms with E-state index in [-0.39, 0.29) is 6.03 Å². The summed E-state index contributed by atoms with van der Waals surface area (Å²) < 4.78 is 5.81. The highest BCUT2D eigenvalue weighted by Crippen LogP contribution is 2.25. The highest BCUT2D eigenvalue weighted by atomic mass is 16.6. The van der Waals surface area contributed by atoms with Crippen LogP contribution in [0.5, 0.6) is 17.2 Å². The van der Waals surface area contributed by atoms with Gasteiger partial charge in [0.25, 0.3) is 0 Å². The second kappa shape index (κ2) is 7.70. The molecule has 1 saturated heterocycles. The van der Waals surface area contributed by atoms with Crippen LogP contribution in [0.4, 0.5) is 16.2 Å². The molecule has 2 N–H and O–H groups in total. The molecule has 136 valence electrons. The molecule has 1 aliphatic rings. The fourth-order valence-corrected chi connectivity index (χ4v) is 2.78. The van der Waals surface area contributed by atoms with Crippen molar-refractivity contribution in [2.24, 2.45) is 0 Å². The third-order valence-electron chi connectivity index (χ3n) is 4.10. The molecule has 1 heterocycles. The van der Waals surface area contributed by atoms with Crippen LogP contribution in [0, 0.1) is 0 Å². The highest BCUT2D eigenvalue weighted by Gasteiger charge is 2.20. The van der Waals surface area contributed by atoms with Crippen molar-refractivity contribution in [3.05, 3.63) is 78.9 Å². The Labute approximate surface area is 157 Å². The molecule has 0 aliphatic carbocycles. The number of carbonyl (C=O) groups is 1. The molecular weight excluding hydrogens is 342 g/mol. The van der Waals surface area contributed by atoms with Crippen molar-refractivity contribution < 1.29 is 14.4 Å². The molecule has 0 aromatic heterocycles. The van der Waals surface area contributed by atoms with E-state index in [0.29, 0.717) is 24.6 Å². The van der Waals surface area contributed by atoms with E-state index in [1.165, 1.54) is 0 Å². The average molecular weight is 361 g/mol. The fourth-order valence-electron chi connectivity index (χ4n) is 2.78. The van der Waals surface area contributed by atoms with Gasteiger partial charge in [0.2, 0.25) is 0 Å². The van der Waals surface area contributed by atoms with E-state index in [1.54, 1.807) is 4.90 Å². The van der Waals surface area contributed by atoms with Gasteiger partial charge >= 0.3 is 6.03 Å². The van der Waals surface area contributed by atoms with Crippen LogP contribution < -0.4 is 25.3 Å². The van der Waals surface area contributed by atoms with Crippen LogP contribution >= 0.6 is 0 Å².